The average molecular weight is 334 g/mol. The number of hydrogen-bond acceptors (Lipinski definition) is 3. The fourth-order valence-electron chi connectivity index (χ4n) is 3.41. The minimum absolute atomic E-state index is 0.499. The molecular weight excluding hydrogens is 312 g/mol. The van der Waals surface area contributed by atoms with Crippen molar-refractivity contribution in [1.29, 1.82) is 0 Å². The van der Waals surface area contributed by atoms with Gasteiger partial charge in [-0.2, -0.15) is 0 Å². The Morgan fingerprint density at radius 3 is 2.17 bits per heavy atom. The fraction of sp³-hybridized carbons (Fsp3) is 0.471. The van der Waals surface area contributed by atoms with Crippen LogP contribution in [-0.4, -0.2) is 32.4 Å². The average Bonchev–Trinajstić information content (AvgIpc) is 2.88. The van der Waals surface area contributed by atoms with Crippen LogP contribution in [0.5, 0.6) is 0 Å². The van der Waals surface area contributed by atoms with Crippen LogP contribution in [0.1, 0.15) is 31.2 Å². The number of benzene rings is 1. The molecule has 0 atom stereocenters. The van der Waals surface area contributed by atoms with Crippen LogP contribution >= 0.6 is 0 Å². The number of nitrogens with zero attached hydrogens (tertiary/aromatic N) is 1. The number of carbonyl (C=O) groups is 1. The summed E-state index contributed by atoms with van der Waals surface area (Å²) in [6.07, 6.45) is 6.08. The summed E-state index contributed by atoms with van der Waals surface area (Å²) in [5, 5.41) is 1.05. The number of amides is 2. The number of nitrogens with one attached hydrogen (secondary N) is 1. The predicted molar refractivity (Wildman–Crippen MR) is 89.9 cm³/mol. The van der Waals surface area contributed by atoms with Crippen molar-refractivity contribution in [2.75, 3.05) is 13.1 Å². The van der Waals surface area contributed by atoms with Crippen LogP contribution in [0.2, 0.25) is 0 Å². The van der Waals surface area contributed by atoms with Crippen LogP contribution in [0, 0.1) is 11.8 Å². The molecule has 1 aromatic rings. The molecule has 1 aromatic carbocycles. The van der Waals surface area contributed by atoms with Gasteiger partial charge in [0.15, 0.2) is 0 Å². The Morgan fingerprint density at radius 1 is 1.04 bits per heavy atom. The van der Waals surface area contributed by atoms with Crippen molar-refractivity contribution >= 4 is 22.1 Å². The van der Waals surface area contributed by atoms with Crippen molar-refractivity contribution in [3.05, 3.63) is 41.3 Å². The monoisotopic (exact) mass is 334 g/mol. The number of hydrogen-bond donors (Lipinski definition) is 1. The van der Waals surface area contributed by atoms with Crippen LogP contribution in [0.25, 0.3) is 6.08 Å². The summed E-state index contributed by atoms with van der Waals surface area (Å²) in [6, 6.07) is 8.64. The zero-order valence-corrected chi connectivity index (χ0v) is 13.8. The molecule has 2 amide bonds. The molecule has 6 heteroatoms. The van der Waals surface area contributed by atoms with E-state index in [9.17, 15) is 13.2 Å². The summed E-state index contributed by atoms with van der Waals surface area (Å²) in [5.41, 5.74) is 0.776. The lowest BCUT2D eigenvalue weighted by atomic mass is 9.84. The molecule has 124 valence electrons. The Labute approximate surface area is 137 Å². The topological polar surface area (TPSA) is 66.5 Å². The first-order chi connectivity index (χ1) is 11.0. The number of urea groups is 1. The van der Waals surface area contributed by atoms with E-state index in [2.05, 4.69) is 4.72 Å². The van der Waals surface area contributed by atoms with Crippen molar-refractivity contribution in [3.63, 3.8) is 0 Å². The van der Waals surface area contributed by atoms with E-state index in [-0.39, 0.29) is 0 Å². The normalized spacial score (nSPS) is 24.6. The van der Waals surface area contributed by atoms with Gasteiger partial charge < -0.3 is 4.90 Å². The minimum Gasteiger partial charge on any atom is -0.323 e. The number of fused-ring (bicyclic) bond motifs is 4. The molecule has 3 aliphatic rings. The van der Waals surface area contributed by atoms with E-state index in [1.165, 1.54) is 6.08 Å². The molecule has 0 radical (unpaired) electrons. The second-order valence-corrected chi connectivity index (χ2v) is 8.02. The largest absolute Gasteiger partial charge is 0.331 e. The van der Waals surface area contributed by atoms with Crippen molar-refractivity contribution in [3.8, 4) is 0 Å². The highest BCUT2D eigenvalue weighted by molar-refractivity contribution is 7.93. The molecule has 0 unspecified atom stereocenters. The Balaban J connectivity index is 1.63. The van der Waals surface area contributed by atoms with Gasteiger partial charge in [0.2, 0.25) is 0 Å². The second kappa shape index (κ2) is 6.74. The summed E-state index contributed by atoms with van der Waals surface area (Å²) >= 11 is 0. The van der Waals surface area contributed by atoms with Gasteiger partial charge in [0, 0.05) is 13.1 Å². The number of carbonyl (C=O) groups excluding carboxylic acids is 1. The third-order valence-electron chi connectivity index (χ3n) is 4.68. The Kier molecular flexibility index (Phi) is 4.71. The highest BCUT2D eigenvalue weighted by Gasteiger charge is 2.32. The highest BCUT2D eigenvalue weighted by Crippen LogP contribution is 2.33. The van der Waals surface area contributed by atoms with Crippen molar-refractivity contribution in [2.24, 2.45) is 11.8 Å². The van der Waals surface area contributed by atoms with Crippen LogP contribution in [0.3, 0.4) is 0 Å². The molecule has 1 saturated carbocycles. The van der Waals surface area contributed by atoms with Crippen molar-refractivity contribution in [1.82, 2.24) is 9.62 Å². The molecule has 4 rings (SSSR count). The maximum Gasteiger partial charge on any atom is 0.331 e. The molecule has 0 aromatic heterocycles. The van der Waals surface area contributed by atoms with Gasteiger partial charge in [0.1, 0.15) is 0 Å². The van der Waals surface area contributed by atoms with Gasteiger partial charge in [-0.1, -0.05) is 30.3 Å². The third kappa shape index (κ3) is 4.34. The van der Waals surface area contributed by atoms with Gasteiger partial charge >= 0.3 is 6.03 Å². The van der Waals surface area contributed by atoms with E-state index in [1.807, 2.05) is 18.2 Å². The summed E-state index contributed by atoms with van der Waals surface area (Å²) in [5.74, 6) is 1.03. The molecule has 5 nitrogen and oxygen atoms in total. The lowest BCUT2D eigenvalue weighted by Crippen LogP contribution is -2.44. The molecular formula is C17H22N2O3S. The smallest absolute Gasteiger partial charge is 0.323 e. The Hall–Kier alpha value is -1.82. The highest BCUT2D eigenvalue weighted by atomic mass is 32.2. The maximum absolute atomic E-state index is 12.3. The summed E-state index contributed by atoms with van der Waals surface area (Å²) in [7, 11) is -3.78. The van der Waals surface area contributed by atoms with E-state index in [0.29, 0.717) is 24.9 Å². The molecule has 0 spiro atoms. The van der Waals surface area contributed by atoms with E-state index < -0.39 is 16.1 Å². The Bertz CT molecular complexity index is 663. The molecule has 2 saturated heterocycles. The molecule has 2 heterocycles. The Morgan fingerprint density at radius 2 is 1.61 bits per heavy atom. The van der Waals surface area contributed by atoms with Gasteiger partial charge in [0.05, 0.1) is 5.41 Å². The van der Waals surface area contributed by atoms with E-state index in [0.717, 1.165) is 36.7 Å². The number of sulfonamides is 1. The second-order valence-electron chi connectivity index (χ2n) is 6.46. The lowest BCUT2D eigenvalue weighted by molar-refractivity contribution is 0.198. The van der Waals surface area contributed by atoms with Crippen LogP contribution in [0.4, 0.5) is 4.79 Å². The van der Waals surface area contributed by atoms with Crippen LogP contribution in [0.15, 0.2) is 35.7 Å². The molecule has 2 aliphatic heterocycles. The standard InChI is InChI=1S/C17H22N2O3S/c20-17(19-12-15-6-7-16(13-19)9-8-15)18-23(21,22)11-10-14-4-2-1-3-5-14/h1-5,10-11,15-16H,6-9,12-13H2,(H,18,20)/b11-10+. The molecule has 2 bridgehead atoms. The van der Waals surface area contributed by atoms with Crippen molar-refractivity contribution in [2.45, 2.75) is 25.7 Å². The first kappa shape index (κ1) is 16.1. The molecule has 1 aliphatic carbocycles. The van der Waals surface area contributed by atoms with Gasteiger partial charge in [-0.15, -0.1) is 0 Å². The molecule has 23 heavy (non-hydrogen) atoms. The van der Waals surface area contributed by atoms with Crippen LogP contribution in [-0.2, 0) is 10.0 Å². The summed E-state index contributed by atoms with van der Waals surface area (Å²) in [4.78, 5) is 14.0. The number of rotatable bonds is 3. The fourth-order valence-corrected chi connectivity index (χ4v) is 4.19. The van der Waals surface area contributed by atoms with Crippen molar-refractivity contribution < 1.29 is 13.2 Å². The zero-order chi connectivity index (χ0) is 16.3. The molecule has 1 N–H and O–H groups in total. The van der Waals surface area contributed by atoms with E-state index >= 15 is 0 Å². The SMILES string of the molecule is O=C(NS(=O)(=O)/C=C/c1ccccc1)N1CC2CCC(CC2)C1. The van der Waals surface area contributed by atoms with Gasteiger partial charge in [0.25, 0.3) is 10.0 Å². The van der Waals surface area contributed by atoms with Gasteiger partial charge in [-0.3, -0.25) is 0 Å². The third-order valence-corrected chi connectivity index (χ3v) is 5.63. The minimum atomic E-state index is -3.78. The summed E-state index contributed by atoms with van der Waals surface area (Å²) in [6.45, 7) is 1.33. The maximum atomic E-state index is 12.3. The lowest BCUT2D eigenvalue weighted by Gasteiger charge is -2.22. The first-order valence-electron chi connectivity index (χ1n) is 8.07. The predicted octanol–water partition coefficient (Wildman–Crippen LogP) is 2.82. The van der Waals surface area contributed by atoms with Crippen LogP contribution < -0.4 is 4.72 Å². The molecule has 3 fully saturated rings. The van der Waals surface area contributed by atoms with E-state index in [4.69, 9.17) is 0 Å². The quantitative estimate of drug-likeness (QED) is 0.924. The van der Waals surface area contributed by atoms with Gasteiger partial charge in [-0.05, 0) is 49.2 Å². The summed E-state index contributed by atoms with van der Waals surface area (Å²) < 4.78 is 26.3. The van der Waals surface area contributed by atoms with E-state index in [1.54, 1.807) is 17.0 Å². The zero-order valence-electron chi connectivity index (χ0n) is 13.0. The first-order valence-corrected chi connectivity index (χ1v) is 9.61. The van der Waals surface area contributed by atoms with Gasteiger partial charge in [-0.25, -0.2) is 17.9 Å².